The number of amides is 1. The predicted octanol–water partition coefficient (Wildman–Crippen LogP) is 4.04. The number of hydrogen-bond donors (Lipinski definition) is 1. The Balaban J connectivity index is 1.47. The van der Waals surface area contributed by atoms with E-state index in [2.05, 4.69) is 10.3 Å². The van der Waals surface area contributed by atoms with E-state index in [-0.39, 0.29) is 17.0 Å². The van der Waals surface area contributed by atoms with E-state index in [1.165, 1.54) is 0 Å². The van der Waals surface area contributed by atoms with Crippen molar-refractivity contribution in [1.29, 1.82) is 0 Å². The number of nitrogens with one attached hydrogen (secondary N) is 1. The number of rotatable bonds is 5. The van der Waals surface area contributed by atoms with Crippen LogP contribution in [0.2, 0.25) is 0 Å². The third-order valence-corrected chi connectivity index (χ3v) is 5.74. The summed E-state index contributed by atoms with van der Waals surface area (Å²) in [5.41, 5.74) is 2.39. The van der Waals surface area contributed by atoms with Crippen LogP contribution in [0, 0.1) is 0 Å². The van der Waals surface area contributed by atoms with E-state index in [4.69, 9.17) is 4.74 Å². The van der Waals surface area contributed by atoms with E-state index in [0.29, 0.717) is 23.1 Å². The number of benzene rings is 2. The minimum absolute atomic E-state index is 0.0741. The van der Waals surface area contributed by atoms with Crippen LogP contribution in [0.3, 0.4) is 0 Å². The van der Waals surface area contributed by atoms with Crippen molar-refractivity contribution >= 4 is 28.5 Å². The molecule has 2 heterocycles. The molecule has 32 heavy (non-hydrogen) atoms. The first kappa shape index (κ1) is 21.7. The molecule has 0 aliphatic carbocycles. The van der Waals surface area contributed by atoms with Crippen molar-refractivity contribution < 1.29 is 14.3 Å². The van der Waals surface area contributed by atoms with Gasteiger partial charge in [0.1, 0.15) is 5.82 Å². The minimum atomic E-state index is -0.629. The molecule has 0 spiro atoms. The summed E-state index contributed by atoms with van der Waals surface area (Å²) < 4.78 is 6.95. The average Bonchev–Trinajstić information content (AvgIpc) is 3.03. The van der Waals surface area contributed by atoms with Gasteiger partial charge in [0, 0.05) is 18.7 Å². The molecular weight excluding hydrogens is 406 g/mol. The maximum atomic E-state index is 12.8. The first-order valence-electron chi connectivity index (χ1n) is 11.0. The van der Waals surface area contributed by atoms with Gasteiger partial charge in [0.2, 0.25) is 0 Å². The lowest BCUT2D eigenvalue weighted by atomic mass is 10.0. The number of para-hydroxylation sites is 1. The maximum absolute atomic E-state index is 12.8. The quantitative estimate of drug-likeness (QED) is 0.613. The second-order valence-corrected chi connectivity index (χ2v) is 8.39. The second-order valence-electron chi connectivity index (χ2n) is 8.39. The minimum Gasteiger partial charge on any atom is -0.452 e. The highest BCUT2D eigenvalue weighted by molar-refractivity contribution is 5.97. The molecule has 1 aliphatic rings. The molecule has 3 aromatic rings. The summed E-state index contributed by atoms with van der Waals surface area (Å²) in [6.45, 7) is 4.37. The van der Waals surface area contributed by atoms with E-state index >= 15 is 0 Å². The van der Waals surface area contributed by atoms with Crippen LogP contribution in [0.15, 0.2) is 47.3 Å². The number of carbonyl (C=O) groups is 2. The number of fused-ring (bicyclic) bond motifs is 2. The fourth-order valence-corrected chi connectivity index (χ4v) is 4.06. The molecule has 7 heteroatoms. The van der Waals surface area contributed by atoms with Gasteiger partial charge < -0.3 is 10.1 Å². The summed E-state index contributed by atoms with van der Waals surface area (Å²) in [7, 11) is 0. The van der Waals surface area contributed by atoms with Crippen molar-refractivity contribution in [2.45, 2.75) is 52.0 Å². The van der Waals surface area contributed by atoms with Gasteiger partial charge in [-0.25, -0.2) is 9.78 Å². The number of ether oxygens (including phenoxy) is 1. The largest absolute Gasteiger partial charge is 0.452 e. The van der Waals surface area contributed by atoms with Gasteiger partial charge in [0.05, 0.1) is 16.5 Å². The molecule has 1 aromatic heterocycles. The molecule has 0 atom stereocenters. The smallest absolute Gasteiger partial charge is 0.338 e. The SMILES string of the molecule is CC(C)c1ccccc1NC(=O)COC(=O)c1ccc2c(=O)n3c(nc2c1)CCCCC3. The molecule has 0 saturated heterocycles. The molecule has 0 unspecified atom stereocenters. The van der Waals surface area contributed by atoms with Gasteiger partial charge in [0.15, 0.2) is 6.61 Å². The van der Waals surface area contributed by atoms with Crippen LogP contribution < -0.4 is 10.9 Å². The van der Waals surface area contributed by atoms with E-state index in [1.54, 1.807) is 22.8 Å². The van der Waals surface area contributed by atoms with Gasteiger partial charge >= 0.3 is 5.97 Å². The Labute approximate surface area is 186 Å². The molecule has 0 radical (unpaired) electrons. The topological polar surface area (TPSA) is 90.3 Å². The van der Waals surface area contributed by atoms with Crippen LogP contribution in [0.1, 0.15) is 60.8 Å². The molecule has 1 N–H and O–H groups in total. The van der Waals surface area contributed by atoms with Gasteiger partial charge in [-0.05, 0) is 48.6 Å². The Kier molecular flexibility index (Phi) is 6.35. The molecule has 0 saturated carbocycles. The molecule has 4 rings (SSSR count). The monoisotopic (exact) mass is 433 g/mol. The molecule has 0 bridgehead atoms. The predicted molar refractivity (Wildman–Crippen MR) is 123 cm³/mol. The average molecular weight is 434 g/mol. The number of aromatic nitrogens is 2. The summed E-state index contributed by atoms with van der Waals surface area (Å²) in [5.74, 6) is -0.0306. The highest BCUT2D eigenvalue weighted by Crippen LogP contribution is 2.23. The van der Waals surface area contributed by atoms with Crippen molar-refractivity contribution in [2.24, 2.45) is 0 Å². The lowest BCUT2D eigenvalue weighted by Crippen LogP contribution is -2.25. The molecule has 7 nitrogen and oxygen atoms in total. The summed E-state index contributed by atoms with van der Waals surface area (Å²) in [4.78, 5) is 42.3. The molecule has 166 valence electrons. The van der Waals surface area contributed by atoms with Crippen molar-refractivity contribution in [1.82, 2.24) is 9.55 Å². The number of esters is 1. The Bertz CT molecular complexity index is 1230. The van der Waals surface area contributed by atoms with E-state index < -0.39 is 18.5 Å². The van der Waals surface area contributed by atoms with Crippen LogP contribution in [-0.4, -0.2) is 28.0 Å². The van der Waals surface area contributed by atoms with Gasteiger partial charge in [-0.2, -0.15) is 0 Å². The van der Waals surface area contributed by atoms with Crippen molar-refractivity contribution in [3.8, 4) is 0 Å². The summed E-state index contributed by atoms with van der Waals surface area (Å²) in [6.07, 6.45) is 3.78. The van der Waals surface area contributed by atoms with Gasteiger partial charge in [0.25, 0.3) is 11.5 Å². The number of hydrogen-bond acceptors (Lipinski definition) is 5. The Hall–Kier alpha value is -3.48. The zero-order chi connectivity index (χ0) is 22.7. The molecule has 1 aliphatic heterocycles. The molecule has 2 aromatic carbocycles. The fraction of sp³-hybridized carbons (Fsp3) is 0.360. The van der Waals surface area contributed by atoms with Gasteiger partial charge in [-0.3, -0.25) is 14.2 Å². The number of anilines is 1. The lowest BCUT2D eigenvalue weighted by molar-refractivity contribution is -0.119. The van der Waals surface area contributed by atoms with Crippen molar-refractivity contribution in [3.63, 3.8) is 0 Å². The highest BCUT2D eigenvalue weighted by atomic mass is 16.5. The Morgan fingerprint density at radius 3 is 2.75 bits per heavy atom. The maximum Gasteiger partial charge on any atom is 0.338 e. The first-order chi connectivity index (χ1) is 15.4. The lowest BCUT2D eigenvalue weighted by Gasteiger charge is -2.14. The highest BCUT2D eigenvalue weighted by Gasteiger charge is 2.17. The van der Waals surface area contributed by atoms with Crippen LogP contribution in [-0.2, 0) is 22.5 Å². The number of nitrogens with zero attached hydrogens (tertiary/aromatic N) is 2. The van der Waals surface area contributed by atoms with Crippen LogP contribution >= 0.6 is 0 Å². The van der Waals surface area contributed by atoms with Crippen molar-refractivity contribution in [3.05, 3.63) is 69.8 Å². The standard InChI is InChI=1S/C25H27N3O4/c1-16(2)18-8-5-6-9-20(18)27-23(29)15-32-25(31)17-11-12-19-21(14-17)26-22-10-4-3-7-13-28(22)24(19)30/h5-6,8-9,11-12,14,16H,3-4,7,10,13,15H2,1-2H3,(H,27,29). The molecule has 1 amide bonds. The number of aryl methyl sites for hydroxylation is 1. The third-order valence-electron chi connectivity index (χ3n) is 5.74. The van der Waals surface area contributed by atoms with Crippen molar-refractivity contribution in [2.75, 3.05) is 11.9 Å². The van der Waals surface area contributed by atoms with E-state index in [0.717, 1.165) is 37.1 Å². The fourth-order valence-electron chi connectivity index (χ4n) is 4.06. The zero-order valence-corrected chi connectivity index (χ0v) is 18.4. The third kappa shape index (κ3) is 4.56. The molecular formula is C25H27N3O4. The normalized spacial score (nSPS) is 13.5. The van der Waals surface area contributed by atoms with Crippen LogP contribution in [0.5, 0.6) is 0 Å². The Morgan fingerprint density at radius 1 is 1.12 bits per heavy atom. The summed E-state index contributed by atoms with van der Waals surface area (Å²) >= 11 is 0. The Morgan fingerprint density at radius 2 is 1.94 bits per heavy atom. The molecule has 0 fully saturated rings. The van der Waals surface area contributed by atoms with E-state index in [1.807, 2.05) is 38.1 Å². The van der Waals surface area contributed by atoms with E-state index in [9.17, 15) is 14.4 Å². The van der Waals surface area contributed by atoms with Crippen LogP contribution in [0.4, 0.5) is 5.69 Å². The number of carbonyl (C=O) groups excluding carboxylic acids is 2. The summed E-state index contributed by atoms with van der Waals surface area (Å²) in [5, 5.41) is 3.28. The van der Waals surface area contributed by atoms with Crippen LogP contribution in [0.25, 0.3) is 10.9 Å². The summed E-state index contributed by atoms with van der Waals surface area (Å²) in [6, 6.07) is 12.3. The first-order valence-corrected chi connectivity index (χ1v) is 11.0. The van der Waals surface area contributed by atoms with Gasteiger partial charge in [-0.1, -0.05) is 38.5 Å². The van der Waals surface area contributed by atoms with Gasteiger partial charge in [-0.15, -0.1) is 0 Å². The zero-order valence-electron chi connectivity index (χ0n) is 18.4. The second kappa shape index (κ2) is 9.34.